The molecule has 6 heteroatoms. The summed E-state index contributed by atoms with van der Waals surface area (Å²) in [5.41, 5.74) is -0.323. The zero-order valence-corrected chi connectivity index (χ0v) is 11.6. The van der Waals surface area contributed by atoms with Crippen molar-refractivity contribution in [2.45, 2.75) is 38.9 Å². The van der Waals surface area contributed by atoms with Gasteiger partial charge in [0.1, 0.15) is 11.4 Å². The van der Waals surface area contributed by atoms with Crippen LogP contribution in [0, 0.1) is 17.1 Å². The van der Waals surface area contributed by atoms with Gasteiger partial charge in [0.25, 0.3) is 0 Å². The summed E-state index contributed by atoms with van der Waals surface area (Å²) in [4.78, 5) is 11.7. The molecule has 1 rings (SSSR count). The average molecular weight is 280 g/mol. The van der Waals surface area contributed by atoms with Gasteiger partial charge in [-0.05, 0) is 39.0 Å². The average Bonchev–Trinajstić information content (AvgIpc) is 2.29. The van der Waals surface area contributed by atoms with Crippen molar-refractivity contribution in [3.8, 4) is 6.07 Å². The van der Waals surface area contributed by atoms with E-state index in [4.69, 9.17) is 10.00 Å². The van der Waals surface area contributed by atoms with Crippen LogP contribution in [0.15, 0.2) is 18.2 Å². The van der Waals surface area contributed by atoms with E-state index in [1.807, 2.05) is 0 Å². The third kappa shape index (κ3) is 4.86. The highest BCUT2D eigenvalue weighted by atomic mass is 19.1. The minimum absolute atomic E-state index is 0.136. The lowest BCUT2D eigenvalue weighted by Gasteiger charge is -2.21. The first-order valence-electron chi connectivity index (χ1n) is 6.07. The molecule has 0 fully saturated rings. The first-order chi connectivity index (χ1) is 9.23. The summed E-state index contributed by atoms with van der Waals surface area (Å²) in [6.45, 7) is 5.13. The Bertz CT molecular complexity index is 532. The van der Waals surface area contributed by atoms with E-state index in [0.717, 1.165) is 12.1 Å². The van der Waals surface area contributed by atoms with E-state index < -0.39 is 23.6 Å². The van der Waals surface area contributed by atoms with Crippen LogP contribution in [0.25, 0.3) is 0 Å². The van der Waals surface area contributed by atoms with E-state index in [1.165, 1.54) is 6.07 Å². The molecule has 0 spiro atoms. The second-order valence-corrected chi connectivity index (χ2v) is 5.24. The van der Waals surface area contributed by atoms with Gasteiger partial charge in [0.05, 0.1) is 24.3 Å². The summed E-state index contributed by atoms with van der Waals surface area (Å²) in [5.74, 6) is -0.563. The Labute approximate surface area is 117 Å². The third-order valence-corrected chi connectivity index (χ3v) is 2.29. The Balaban J connectivity index is 2.95. The number of rotatable bonds is 3. The molecule has 1 aromatic rings. The highest BCUT2D eigenvalue weighted by molar-refractivity contribution is 5.86. The van der Waals surface area contributed by atoms with E-state index in [-0.39, 0.29) is 17.7 Å². The summed E-state index contributed by atoms with van der Waals surface area (Å²) in [7, 11) is 0. The molecule has 0 bridgehead atoms. The van der Waals surface area contributed by atoms with Crippen LogP contribution in [0.5, 0.6) is 0 Å². The van der Waals surface area contributed by atoms with Crippen LogP contribution in [-0.4, -0.2) is 16.8 Å². The number of carbonyl (C=O) groups is 1. The van der Waals surface area contributed by atoms with Gasteiger partial charge in [-0.3, -0.25) is 5.32 Å². The minimum Gasteiger partial charge on any atom is -0.444 e. The molecule has 0 aliphatic rings. The summed E-state index contributed by atoms with van der Waals surface area (Å²) in [5, 5.41) is 20.8. The molecule has 108 valence electrons. The van der Waals surface area contributed by atoms with Gasteiger partial charge >= 0.3 is 6.09 Å². The monoisotopic (exact) mass is 280 g/mol. The second kappa shape index (κ2) is 6.35. The Morgan fingerprint density at radius 3 is 2.75 bits per heavy atom. The molecule has 0 saturated carbocycles. The summed E-state index contributed by atoms with van der Waals surface area (Å²) < 4.78 is 18.3. The Morgan fingerprint density at radius 1 is 1.55 bits per heavy atom. The molecule has 0 aliphatic carbocycles. The molecule has 20 heavy (non-hydrogen) atoms. The normalized spacial score (nSPS) is 12.4. The zero-order chi connectivity index (χ0) is 15.3. The predicted octanol–water partition coefficient (Wildman–Crippen LogP) is 3.12. The smallest absolute Gasteiger partial charge is 0.412 e. The molecule has 0 aliphatic heterocycles. The molecular formula is C14H17FN2O3. The third-order valence-electron chi connectivity index (χ3n) is 2.29. The predicted molar refractivity (Wildman–Crippen MR) is 71.4 cm³/mol. The van der Waals surface area contributed by atoms with E-state index >= 15 is 0 Å². The molecule has 2 N–H and O–H groups in total. The molecule has 0 saturated heterocycles. The van der Waals surface area contributed by atoms with Crippen molar-refractivity contribution in [3.05, 3.63) is 29.6 Å². The number of benzene rings is 1. The molecule has 1 amide bonds. The molecule has 0 radical (unpaired) electrons. The van der Waals surface area contributed by atoms with Gasteiger partial charge in [0.15, 0.2) is 0 Å². The van der Waals surface area contributed by atoms with Gasteiger partial charge in [-0.1, -0.05) is 0 Å². The number of aliphatic hydroxyl groups excluding tert-OH is 1. The number of anilines is 1. The molecule has 5 nitrogen and oxygen atoms in total. The van der Waals surface area contributed by atoms with Crippen molar-refractivity contribution >= 4 is 11.8 Å². The number of ether oxygens (including phenoxy) is 1. The number of hydrogen-bond acceptors (Lipinski definition) is 4. The number of nitrogens with zero attached hydrogens (tertiary/aromatic N) is 1. The van der Waals surface area contributed by atoms with Gasteiger partial charge in [0.2, 0.25) is 0 Å². The fourth-order valence-corrected chi connectivity index (χ4v) is 1.53. The number of halogens is 1. The van der Waals surface area contributed by atoms with Crippen molar-refractivity contribution in [3.63, 3.8) is 0 Å². The van der Waals surface area contributed by atoms with E-state index in [0.29, 0.717) is 0 Å². The van der Waals surface area contributed by atoms with Crippen molar-refractivity contribution in [2.75, 3.05) is 5.32 Å². The van der Waals surface area contributed by atoms with E-state index in [9.17, 15) is 14.3 Å². The number of aliphatic hydroxyl groups is 1. The van der Waals surface area contributed by atoms with Crippen LogP contribution in [0.4, 0.5) is 14.9 Å². The number of hydrogen-bond donors (Lipinski definition) is 2. The molecule has 0 heterocycles. The lowest BCUT2D eigenvalue weighted by molar-refractivity contribution is 0.0635. The molecule has 1 atom stereocenters. The molecular weight excluding hydrogens is 263 g/mol. The number of nitrogens with one attached hydrogen (secondary N) is 1. The van der Waals surface area contributed by atoms with Crippen molar-refractivity contribution < 1.29 is 19.0 Å². The number of amides is 1. The highest BCUT2D eigenvalue weighted by Gasteiger charge is 2.19. The van der Waals surface area contributed by atoms with Crippen molar-refractivity contribution in [1.82, 2.24) is 0 Å². The standard InChI is InChI=1S/C14H17FN2O3/c1-14(2,3)20-13(19)17-11-5-4-9(15)8-10(11)12(18)6-7-16/h4-5,8,12,18H,6H2,1-3H3,(H,17,19). The maximum Gasteiger partial charge on any atom is 0.412 e. The Morgan fingerprint density at radius 2 is 2.20 bits per heavy atom. The lowest BCUT2D eigenvalue weighted by Crippen LogP contribution is -2.27. The first-order valence-corrected chi connectivity index (χ1v) is 6.07. The quantitative estimate of drug-likeness (QED) is 0.891. The highest BCUT2D eigenvalue weighted by Crippen LogP contribution is 2.26. The van der Waals surface area contributed by atoms with Crippen LogP contribution in [0.1, 0.15) is 38.9 Å². The van der Waals surface area contributed by atoms with Crippen LogP contribution in [0.2, 0.25) is 0 Å². The van der Waals surface area contributed by atoms with Gasteiger partial charge in [-0.25, -0.2) is 9.18 Å². The zero-order valence-electron chi connectivity index (χ0n) is 11.6. The maximum absolute atomic E-state index is 13.2. The van der Waals surface area contributed by atoms with E-state index in [2.05, 4.69) is 5.32 Å². The number of carbonyl (C=O) groups excluding carboxylic acids is 1. The largest absolute Gasteiger partial charge is 0.444 e. The maximum atomic E-state index is 13.2. The van der Waals surface area contributed by atoms with Gasteiger partial charge < -0.3 is 9.84 Å². The van der Waals surface area contributed by atoms with E-state index in [1.54, 1.807) is 26.8 Å². The van der Waals surface area contributed by atoms with Gasteiger partial charge in [-0.15, -0.1) is 0 Å². The van der Waals surface area contributed by atoms with Gasteiger partial charge in [-0.2, -0.15) is 5.26 Å². The SMILES string of the molecule is CC(C)(C)OC(=O)Nc1ccc(F)cc1C(O)CC#N. The fraction of sp³-hybridized carbons (Fsp3) is 0.429. The molecule has 1 aromatic carbocycles. The van der Waals surface area contributed by atoms with Crippen molar-refractivity contribution in [1.29, 1.82) is 5.26 Å². The minimum atomic E-state index is -1.18. The summed E-state index contributed by atoms with van der Waals surface area (Å²) >= 11 is 0. The van der Waals surface area contributed by atoms with Crippen LogP contribution in [0.3, 0.4) is 0 Å². The number of nitriles is 1. The fourth-order valence-electron chi connectivity index (χ4n) is 1.53. The van der Waals surface area contributed by atoms with Crippen LogP contribution in [-0.2, 0) is 4.74 Å². The van der Waals surface area contributed by atoms with Crippen LogP contribution >= 0.6 is 0 Å². The second-order valence-electron chi connectivity index (χ2n) is 5.24. The first kappa shape index (κ1) is 15.9. The van der Waals surface area contributed by atoms with Crippen molar-refractivity contribution in [2.24, 2.45) is 0 Å². The topological polar surface area (TPSA) is 82.3 Å². The molecule has 1 unspecified atom stereocenters. The Kier molecular flexibility index (Phi) is 5.06. The van der Waals surface area contributed by atoms with Crippen LogP contribution < -0.4 is 5.32 Å². The summed E-state index contributed by atoms with van der Waals surface area (Å²) in [6, 6.07) is 5.33. The Hall–Kier alpha value is -2.13. The lowest BCUT2D eigenvalue weighted by atomic mass is 10.0. The molecule has 0 aromatic heterocycles. The summed E-state index contributed by atoms with van der Waals surface area (Å²) in [6.07, 6.45) is -2.10. The van der Waals surface area contributed by atoms with Gasteiger partial charge in [0, 0.05) is 5.56 Å².